The minimum Gasteiger partial charge on any atom is -0.337 e. The molecule has 26 heavy (non-hydrogen) atoms. The van der Waals surface area contributed by atoms with Crippen LogP contribution in [0.3, 0.4) is 0 Å². The first-order valence-electron chi connectivity index (χ1n) is 8.41. The first kappa shape index (κ1) is 19.4. The molecule has 0 saturated carbocycles. The summed E-state index contributed by atoms with van der Waals surface area (Å²) in [6.45, 7) is 0.738. The Bertz CT molecular complexity index is 735. The zero-order chi connectivity index (χ0) is 18.9. The van der Waals surface area contributed by atoms with Crippen molar-refractivity contribution in [2.24, 2.45) is 0 Å². The molecule has 138 valence electrons. The molecule has 7 heteroatoms. The van der Waals surface area contributed by atoms with Crippen molar-refractivity contribution in [3.8, 4) is 0 Å². The summed E-state index contributed by atoms with van der Waals surface area (Å²) in [7, 11) is 3.96. The minimum atomic E-state index is -0.450. The molecule has 7 nitrogen and oxygen atoms in total. The second kappa shape index (κ2) is 9.53. The Kier molecular flexibility index (Phi) is 7.11. The van der Waals surface area contributed by atoms with E-state index in [9.17, 15) is 14.9 Å². The Hall–Kier alpha value is -2.93. The molecule has 1 atom stereocenters. The number of nitro groups is 1. The molecule has 1 unspecified atom stereocenters. The summed E-state index contributed by atoms with van der Waals surface area (Å²) >= 11 is 0. The Morgan fingerprint density at radius 3 is 2.42 bits per heavy atom. The summed E-state index contributed by atoms with van der Waals surface area (Å²) in [5.74, 6) is 0. The van der Waals surface area contributed by atoms with Crippen molar-refractivity contribution in [1.29, 1.82) is 0 Å². The van der Waals surface area contributed by atoms with E-state index in [1.165, 1.54) is 17.7 Å². The Balaban J connectivity index is 1.82. The number of non-ortho nitro benzene ring substituents is 1. The van der Waals surface area contributed by atoms with Gasteiger partial charge in [0.1, 0.15) is 0 Å². The van der Waals surface area contributed by atoms with Gasteiger partial charge >= 0.3 is 6.03 Å². The highest BCUT2D eigenvalue weighted by atomic mass is 16.6. The summed E-state index contributed by atoms with van der Waals surface area (Å²) in [5.41, 5.74) is 1.91. The van der Waals surface area contributed by atoms with Gasteiger partial charge in [-0.3, -0.25) is 10.1 Å². The lowest BCUT2D eigenvalue weighted by molar-refractivity contribution is -0.384. The highest BCUT2D eigenvalue weighted by Gasteiger charge is 2.14. The molecule has 0 radical (unpaired) electrons. The van der Waals surface area contributed by atoms with Crippen LogP contribution in [0, 0.1) is 10.1 Å². The third kappa shape index (κ3) is 6.18. The molecule has 2 amide bonds. The van der Waals surface area contributed by atoms with Gasteiger partial charge in [0.05, 0.1) is 4.92 Å². The van der Waals surface area contributed by atoms with E-state index in [-0.39, 0.29) is 24.3 Å². The van der Waals surface area contributed by atoms with Crippen LogP contribution in [-0.2, 0) is 13.0 Å². The lowest BCUT2D eigenvalue weighted by Crippen LogP contribution is -2.44. The van der Waals surface area contributed by atoms with Gasteiger partial charge in [-0.1, -0.05) is 42.5 Å². The van der Waals surface area contributed by atoms with Gasteiger partial charge in [-0.05, 0) is 31.6 Å². The number of hydrogen-bond donors (Lipinski definition) is 2. The fourth-order valence-corrected chi connectivity index (χ4v) is 2.56. The molecular weight excluding hydrogens is 332 g/mol. The van der Waals surface area contributed by atoms with Crippen molar-refractivity contribution in [2.75, 3.05) is 20.6 Å². The number of likely N-dealkylation sites (N-methyl/N-ethyl adjacent to an activating group) is 1. The first-order valence-corrected chi connectivity index (χ1v) is 8.41. The molecule has 2 N–H and O–H groups in total. The molecule has 0 heterocycles. The van der Waals surface area contributed by atoms with Gasteiger partial charge in [0.15, 0.2) is 0 Å². The number of carbonyl (C=O) groups excluding carboxylic acids is 1. The van der Waals surface area contributed by atoms with Crippen molar-refractivity contribution >= 4 is 11.7 Å². The monoisotopic (exact) mass is 356 g/mol. The van der Waals surface area contributed by atoms with Gasteiger partial charge in [-0.15, -0.1) is 0 Å². The van der Waals surface area contributed by atoms with Crippen LogP contribution in [0.4, 0.5) is 10.5 Å². The van der Waals surface area contributed by atoms with Crippen LogP contribution in [0.25, 0.3) is 0 Å². The Morgan fingerprint density at radius 2 is 1.77 bits per heavy atom. The number of nitrogens with zero attached hydrogens (tertiary/aromatic N) is 2. The summed E-state index contributed by atoms with van der Waals surface area (Å²) in [6, 6.07) is 16.2. The second-order valence-electron chi connectivity index (χ2n) is 6.30. The predicted molar refractivity (Wildman–Crippen MR) is 101 cm³/mol. The fourth-order valence-electron chi connectivity index (χ4n) is 2.56. The van der Waals surface area contributed by atoms with Crippen molar-refractivity contribution in [1.82, 2.24) is 15.5 Å². The topological polar surface area (TPSA) is 87.5 Å². The van der Waals surface area contributed by atoms with Gasteiger partial charge in [-0.2, -0.15) is 0 Å². The number of urea groups is 1. The Labute approximate surface area is 153 Å². The van der Waals surface area contributed by atoms with Crippen molar-refractivity contribution in [3.63, 3.8) is 0 Å². The quantitative estimate of drug-likeness (QED) is 0.562. The smallest absolute Gasteiger partial charge is 0.315 e. The van der Waals surface area contributed by atoms with Gasteiger partial charge in [0.2, 0.25) is 0 Å². The normalized spacial score (nSPS) is 11.8. The average Bonchev–Trinajstić information content (AvgIpc) is 2.64. The number of amides is 2. The van der Waals surface area contributed by atoms with Gasteiger partial charge in [0, 0.05) is 31.3 Å². The highest BCUT2D eigenvalue weighted by Crippen LogP contribution is 2.12. The number of hydrogen-bond acceptors (Lipinski definition) is 4. The molecule has 0 aliphatic carbocycles. The van der Waals surface area contributed by atoms with Crippen LogP contribution >= 0.6 is 0 Å². The molecule has 0 aliphatic heterocycles. The van der Waals surface area contributed by atoms with Crippen molar-refractivity contribution in [3.05, 3.63) is 75.8 Å². The van der Waals surface area contributed by atoms with Crippen molar-refractivity contribution in [2.45, 2.75) is 19.0 Å². The molecular formula is C19H24N4O3. The van der Waals surface area contributed by atoms with E-state index < -0.39 is 4.92 Å². The van der Waals surface area contributed by atoms with E-state index >= 15 is 0 Å². The summed E-state index contributed by atoms with van der Waals surface area (Å²) in [6.07, 6.45) is 0.832. The van der Waals surface area contributed by atoms with Gasteiger partial charge < -0.3 is 15.5 Å². The van der Waals surface area contributed by atoms with Crippen LogP contribution in [-0.4, -0.2) is 42.5 Å². The highest BCUT2D eigenvalue weighted by molar-refractivity contribution is 5.73. The number of rotatable bonds is 8. The summed E-state index contributed by atoms with van der Waals surface area (Å²) < 4.78 is 0. The lowest BCUT2D eigenvalue weighted by atomic mass is 10.1. The van der Waals surface area contributed by atoms with Crippen LogP contribution in [0.2, 0.25) is 0 Å². The zero-order valence-corrected chi connectivity index (χ0v) is 15.0. The summed E-state index contributed by atoms with van der Waals surface area (Å²) in [4.78, 5) is 24.5. The largest absolute Gasteiger partial charge is 0.337 e. The summed E-state index contributed by atoms with van der Waals surface area (Å²) in [5, 5.41) is 16.4. The van der Waals surface area contributed by atoms with E-state index in [2.05, 4.69) is 27.7 Å². The number of benzene rings is 2. The van der Waals surface area contributed by atoms with E-state index in [1.807, 2.05) is 32.3 Å². The Morgan fingerprint density at radius 1 is 1.08 bits per heavy atom. The van der Waals surface area contributed by atoms with Crippen LogP contribution in [0.1, 0.15) is 11.1 Å². The number of nitrogens with one attached hydrogen (secondary N) is 2. The van der Waals surface area contributed by atoms with Crippen LogP contribution < -0.4 is 10.6 Å². The second-order valence-corrected chi connectivity index (χ2v) is 6.30. The third-order valence-electron chi connectivity index (χ3n) is 4.12. The molecule has 0 fully saturated rings. The molecule has 2 rings (SSSR count). The number of carbonyl (C=O) groups is 1. The van der Waals surface area contributed by atoms with Crippen LogP contribution in [0.5, 0.6) is 0 Å². The van der Waals surface area contributed by atoms with Gasteiger partial charge in [-0.25, -0.2) is 4.79 Å². The molecule has 0 saturated heterocycles. The maximum atomic E-state index is 12.0. The third-order valence-corrected chi connectivity index (χ3v) is 4.12. The molecule has 0 aromatic heterocycles. The van der Waals surface area contributed by atoms with Gasteiger partial charge in [0.25, 0.3) is 5.69 Å². The fraction of sp³-hybridized carbons (Fsp3) is 0.316. The molecule has 2 aromatic rings. The standard InChI is InChI=1S/C19H24N4O3/c1-22(2)18(11-15-7-4-3-5-8-15)14-21-19(24)20-13-16-9-6-10-17(12-16)23(25)26/h3-10,12,18H,11,13-14H2,1-2H3,(H2,20,21,24). The maximum absolute atomic E-state index is 12.0. The van der Waals surface area contributed by atoms with E-state index in [4.69, 9.17) is 0 Å². The van der Waals surface area contributed by atoms with E-state index in [0.717, 1.165) is 6.42 Å². The molecule has 0 spiro atoms. The minimum absolute atomic E-state index is 0.0141. The SMILES string of the molecule is CN(C)C(CNC(=O)NCc1cccc([N+](=O)[O-])c1)Cc1ccccc1. The molecule has 0 aliphatic rings. The zero-order valence-electron chi connectivity index (χ0n) is 15.0. The molecule has 2 aromatic carbocycles. The maximum Gasteiger partial charge on any atom is 0.315 e. The first-order chi connectivity index (χ1) is 12.5. The molecule has 0 bridgehead atoms. The lowest BCUT2D eigenvalue weighted by Gasteiger charge is -2.24. The van der Waals surface area contributed by atoms with Crippen LogP contribution in [0.15, 0.2) is 54.6 Å². The number of nitro benzene ring substituents is 1. The van der Waals surface area contributed by atoms with E-state index in [0.29, 0.717) is 12.1 Å². The van der Waals surface area contributed by atoms with Crippen molar-refractivity contribution < 1.29 is 9.72 Å². The average molecular weight is 356 g/mol. The predicted octanol–water partition coefficient (Wildman–Crippen LogP) is 2.57. The van der Waals surface area contributed by atoms with E-state index in [1.54, 1.807) is 12.1 Å².